The first-order valence-electron chi connectivity index (χ1n) is 12.8. The molecule has 1 aliphatic heterocycles. The average molecular weight is 497 g/mol. The molecule has 0 radical (unpaired) electrons. The van der Waals surface area contributed by atoms with Crippen LogP contribution in [0.3, 0.4) is 0 Å². The second-order valence-corrected chi connectivity index (χ2v) is 9.53. The van der Waals surface area contributed by atoms with Gasteiger partial charge in [0, 0.05) is 30.8 Å². The number of piperidine rings is 1. The van der Waals surface area contributed by atoms with Crippen molar-refractivity contribution < 1.29 is 19.4 Å². The monoisotopic (exact) mass is 496 g/mol. The van der Waals surface area contributed by atoms with Crippen molar-refractivity contribution in [2.45, 2.75) is 38.1 Å². The smallest absolute Gasteiger partial charge is 0.407 e. The highest BCUT2D eigenvalue weighted by molar-refractivity contribution is 5.82. The zero-order chi connectivity index (χ0) is 25.5. The number of nitrogens with zero attached hydrogens (tertiary/aromatic N) is 2. The summed E-state index contributed by atoms with van der Waals surface area (Å²) in [7, 11) is 0. The van der Waals surface area contributed by atoms with E-state index in [0.29, 0.717) is 39.3 Å². The summed E-state index contributed by atoms with van der Waals surface area (Å²) in [6.07, 6.45) is 2.22. The number of ether oxygens (including phenoxy) is 2. The van der Waals surface area contributed by atoms with Crippen molar-refractivity contribution in [1.82, 2.24) is 9.88 Å². The number of hydrogen-bond donors (Lipinski definition) is 1. The maximum absolute atomic E-state index is 11.7. The first kappa shape index (κ1) is 24.9. The number of carbonyl (C=O) groups is 1. The van der Waals surface area contributed by atoms with Gasteiger partial charge in [-0.05, 0) is 46.0 Å². The van der Waals surface area contributed by atoms with E-state index in [9.17, 15) is 9.90 Å². The van der Waals surface area contributed by atoms with Crippen molar-refractivity contribution in [3.8, 4) is 0 Å². The Morgan fingerprint density at radius 2 is 1.73 bits per heavy atom. The van der Waals surface area contributed by atoms with Gasteiger partial charge in [0.15, 0.2) is 0 Å². The molecule has 0 saturated carbocycles. The van der Waals surface area contributed by atoms with Crippen LogP contribution in [0, 0.1) is 0 Å². The molecule has 1 aliphatic rings. The lowest BCUT2D eigenvalue weighted by Crippen LogP contribution is -2.46. The maximum Gasteiger partial charge on any atom is 0.407 e. The van der Waals surface area contributed by atoms with Crippen LogP contribution in [0.4, 0.5) is 4.79 Å². The number of likely N-dealkylation sites (tertiary alicyclic amines) is 1. The van der Waals surface area contributed by atoms with E-state index < -0.39 is 6.09 Å². The molecule has 3 aromatic carbocycles. The molecule has 1 amide bonds. The van der Waals surface area contributed by atoms with Crippen LogP contribution >= 0.6 is 0 Å². The average Bonchev–Trinajstić information content (AvgIpc) is 2.95. The van der Waals surface area contributed by atoms with Crippen LogP contribution in [0.5, 0.6) is 0 Å². The van der Waals surface area contributed by atoms with E-state index in [2.05, 4.69) is 53.5 Å². The number of pyridine rings is 1. The van der Waals surface area contributed by atoms with Crippen LogP contribution < -0.4 is 0 Å². The summed E-state index contributed by atoms with van der Waals surface area (Å²) in [6.45, 7) is 2.48. The number of benzene rings is 3. The second-order valence-electron chi connectivity index (χ2n) is 9.53. The van der Waals surface area contributed by atoms with Crippen LogP contribution in [-0.2, 0) is 29.1 Å². The van der Waals surface area contributed by atoms with Crippen LogP contribution in [-0.4, -0.2) is 46.9 Å². The largest absolute Gasteiger partial charge is 0.465 e. The Morgan fingerprint density at radius 1 is 0.919 bits per heavy atom. The van der Waals surface area contributed by atoms with Gasteiger partial charge in [0.2, 0.25) is 0 Å². The molecule has 2 atom stereocenters. The fraction of sp³-hybridized carbons (Fsp3) is 0.290. The zero-order valence-corrected chi connectivity index (χ0v) is 20.8. The molecule has 1 saturated heterocycles. The SMILES string of the molecule is O=C(O)N1CCC(c2ccc(CCOCc3ccccc3)nc2)C(OCc2ccc3ccccc3c2)C1. The van der Waals surface area contributed by atoms with Crippen LogP contribution in [0.2, 0.25) is 0 Å². The van der Waals surface area contributed by atoms with Crippen molar-refractivity contribution >= 4 is 16.9 Å². The molecule has 6 heteroatoms. The normalized spacial score (nSPS) is 17.7. The van der Waals surface area contributed by atoms with Gasteiger partial charge < -0.3 is 19.5 Å². The van der Waals surface area contributed by atoms with Gasteiger partial charge in [-0.15, -0.1) is 0 Å². The van der Waals surface area contributed by atoms with Crippen molar-refractivity contribution in [2.24, 2.45) is 0 Å². The molecule has 2 unspecified atom stereocenters. The highest BCUT2D eigenvalue weighted by atomic mass is 16.5. The molecule has 1 fully saturated rings. The highest BCUT2D eigenvalue weighted by Crippen LogP contribution is 2.31. The van der Waals surface area contributed by atoms with E-state index >= 15 is 0 Å². The minimum atomic E-state index is -0.901. The van der Waals surface area contributed by atoms with E-state index in [1.165, 1.54) is 15.7 Å². The van der Waals surface area contributed by atoms with Gasteiger partial charge in [-0.3, -0.25) is 4.98 Å². The van der Waals surface area contributed by atoms with E-state index in [1.54, 1.807) is 0 Å². The Morgan fingerprint density at radius 3 is 2.51 bits per heavy atom. The minimum Gasteiger partial charge on any atom is -0.465 e. The number of fused-ring (bicyclic) bond motifs is 1. The van der Waals surface area contributed by atoms with Gasteiger partial charge in [-0.2, -0.15) is 0 Å². The molecular weight excluding hydrogens is 464 g/mol. The molecule has 1 aromatic heterocycles. The highest BCUT2D eigenvalue weighted by Gasteiger charge is 2.33. The van der Waals surface area contributed by atoms with Crippen LogP contribution in [0.1, 0.15) is 34.7 Å². The van der Waals surface area contributed by atoms with Gasteiger partial charge in [-0.25, -0.2) is 4.79 Å². The lowest BCUT2D eigenvalue weighted by molar-refractivity contribution is -0.0200. The Kier molecular flexibility index (Phi) is 8.08. The quantitative estimate of drug-likeness (QED) is 0.286. The first-order valence-corrected chi connectivity index (χ1v) is 12.8. The van der Waals surface area contributed by atoms with E-state index in [-0.39, 0.29) is 12.0 Å². The van der Waals surface area contributed by atoms with E-state index in [0.717, 1.165) is 28.8 Å². The van der Waals surface area contributed by atoms with Gasteiger partial charge in [0.1, 0.15) is 0 Å². The van der Waals surface area contributed by atoms with E-state index in [4.69, 9.17) is 9.47 Å². The zero-order valence-electron chi connectivity index (χ0n) is 20.8. The Hall–Kier alpha value is -3.74. The predicted molar refractivity (Wildman–Crippen MR) is 144 cm³/mol. The second kappa shape index (κ2) is 12.0. The maximum atomic E-state index is 11.7. The summed E-state index contributed by atoms with van der Waals surface area (Å²) in [5.74, 6) is 0.0898. The first-order chi connectivity index (χ1) is 18.2. The predicted octanol–water partition coefficient (Wildman–Crippen LogP) is 6.05. The topological polar surface area (TPSA) is 71.9 Å². The fourth-order valence-electron chi connectivity index (χ4n) is 4.92. The lowest BCUT2D eigenvalue weighted by atomic mass is 9.87. The molecule has 6 nitrogen and oxygen atoms in total. The van der Waals surface area contributed by atoms with Gasteiger partial charge >= 0.3 is 6.09 Å². The summed E-state index contributed by atoms with van der Waals surface area (Å²) >= 11 is 0. The van der Waals surface area contributed by atoms with Crippen molar-refractivity contribution in [1.29, 1.82) is 0 Å². The Labute approximate surface area is 217 Å². The van der Waals surface area contributed by atoms with Crippen molar-refractivity contribution in [3.63, 3.8) is 0 Å². The minimum absolute atomic E-state index is 0.0898. The standard InChI is InChI=1S/C31H32N2O4/c34-31(35)33-16-14-29(30(20-33)37-22-24-10-11-25-8-4-5-9-26(25)18-24)27-12-13-28(32-19-27)15-17-36-21-23-6-2-1-3-7-23/h1-13,18-19,29-30H,14-17,20-22H2,(H,34,35). The van der Waals surface area contributed by atoms with Crippen molar-refractivity contribution in [2.75, 3.05) is 19.7 Å². The molecule has 5 rings (SSSR count). The Bertz CT molecular complexity index is 1310. The summed E-state index contributed by atoms with van der Waals surface area (Å²) in [5.41, 5.74) is 4.30. The third-order valence-electron chi connectivity index (χ3n) is 7.00. The fourth-order valence-corrected chi connectivity index (χ4v) is 4.92. The molecule has 0 bridgehead atoms. The molecule has 0 aliphatic carbocycles. The summed E-state index contributed by atoms with van der Waals surface area (Å²) in [5, 5.41) is 11.9. The van der Waals surface area contributed by atoms with Gasteiger partial charge in [0.05, 0.1) is 32.5 Å². The van der Waals surface area contributed by atoms with Gasteiger partial charge in [0.25, 0.3) is 0 Å². The molecular formula is C31H32N2O4. The van der Waals surface area contributed by atoms with Crippen LogP contribution in [0.15, 0.2) is 91.1 Å². The van der Waals surface area contributed by atoms with Gasteiger partial charge in [-0.1, -0.05) is 72.8 Å². The summed E-state index contributed by atoms with van der Waals surface area (Å²) < 4.78 is 12.2. The molecule has 1 N–H and O–H groups in total. The number of carboxylic acid groups (broad SMARTS) is 1. The van der Waals surface area contributed by atoms with E-state index in [1.807, 2.05) is 42.6 Å². The third-order valence-corrected chi connectivity index (χ3v) is 7.00. The molecule has 0 spiro atoms. The van der Waals surface area contributed by atoms with Crippen molar-refractivity contribution in [3.05, 3.63) is 114 Å². The number of rotatable bonds is 9. The summed E-state index contributed by atoms with van der Waals surface area (Å²) in [6, 6.07) is 28.8. The number of aromatic nitrogens is 1. The molecule has 2 heterocycles. The molecule has 190 valence electrons. The molecule has 37 heavy (non-hydrogen) atoms. The Balaban J connectivity index is 1.21. The third kappa shape index (κ3) is 6.53. The summed E-state index contributed by atoms with van der Waals surface area (Å²) in [4.78, 5) is 17.8. The number of hydrogen-bond acceptors (Lipinski definition) is 4. The lowest BCUT2D eigenvalue weighted by Gasteiger charge is -2.37. The molecule has 4 aromatic rings. The van der Waals surface area contributed by atoms with Crippen LogP contribution in [0.25, 0.3) is 10.8 Å². The number of amides is 1.